The molecule has 2 rings (SSSR count). The molecule has 1 aliphatic carbocycles. The van der Waals surface area contributed by atoms with Gasteiger partial charge in [0, 0.05) is 0 Å². The van der Waals surface area contributed by atoms with Crippen LogP contribution < -0.4 is 0 Å². The summed E-state index contributed by atoms with van der Waals surface area (Å²) in [4.78, 5) is 0. The molecule has 16 heavy (non-hydrogen) atoms. The van der Waals surface area contributed by atoms with Gasteiger partial charge >= 0.3 is 0 Å². The lowest BCUT2D eigenvalue weighted by atomic mass is 10.0. The molecule has 0 N–H and O–H groups in total. The Labute approximate surface area is 98.7 Å². The molecular formula is C16H20. The van der Waals surface area contributed by atoms with Gasteiger partial charge in [-0.15, -0.1) is 0 Å². The molecule has 0 amide bonds. The molecule has 1 aromatic rings. The second-order valence-corrected chi connectivity index (χ2v) is 4.47. The molecule has 0 atom stereocenters. The predicted octanol–water partition coefficient (Wildman–Crippen LogP) is 4.76. The van der Waals surface area contributed by atoms with Gasteiger partial charge in [-0.1, -0.05) is 62.3 Å². The zero-order valence-corrected chi connectivity index (χ0v) is 10.3. The fraction of sp³-hybridized carbons (Fsp3) is 0.375. The van der Waals surface area contributed by atoms with E-state index in [-0.39, 0.29) is 0 Å². The van der Waals surface area contributed by atoms with E-state index in [0.717, 1.165) is 12.8 Å². The molecule has 1 aromatic carbocycles. The summed E-state index contributed by atoms with van der Waals surface area (Å²) < 4.78 is 0. The van der Waals surface area contributed by atoms with Crippen LogP contribution in [-0.2, 0) is 6.42 Å². The minimum Gasteiger partial charge on any atom is -0.0726 e. The number of hydrogen-bond acceptors (Lipinski definition) is 0. The highest BCUT2D eigenvalue weighted by Gasteiger charge is 2.07. The third-order valence-electron chi connectivity index (χ3n) is 3.21. The van der Waals surface area contributed by atoms with Gasteiger partial charge in [-0.2, -0.15) is 0 Å². The van der Waals surface area contributed by atoms with Gasteiger partial charge in [0.15, 0.2) is 0 Å². The Morgan fingerprint density at radius 1 is 1.06 bits per heavy atom. The third-order valence-corrected chi connectivity index (χ3v) is 3.21. The van der Waals surface area contributed by atoms with Gasteiger partial charge in [0.05, 0.1) is 0 Å². The monoisotopic (exact) mass is 212 g/mol. The second-order valence-electron chi connectivity index (χ2n) is 4.47. The maximum atomic E-state index is 2.37. The minimum atomic E-state index is 1.12. The quantitative estimate of drug-likeness (QED) is 0.675. The number of allylic oxidation sites excluding steroid dienone is 4. The van der Waals surface area contributed by atoms with Crippen molar-refractivity contribution in [1.29, 1.82) is 0 Å². The summed E-state index contributed by atoms with van der Waals surface area (Å²) in [7, 11) is 0. The molecule has 0 aromatic heterocycles. The zero-order chi connectivity index (χ0) is 11.4. The van der Waals surface area contributed by atoms with Crippen LogP contribution in [0.25, 0.3) is 5.57 Å². The SMILES string of the molecule is CCCC1=CC(c2ccc(CC)cc2)=CC1. The standard InChI is InChI=1S/C16H20/c1-3-5-14-8-11-16(12-14)15-9-6-13(4-2)7-10-15/h6-7,9-12H,3-5,8H2,1-2H3. The van der Waals surface area contributed by atoms with E-state index in [9.17, 15) is 0 Å². The van der Waals surface area contributed by atoms with Crippen LogP contribution in [0, 0.1) is 0 Å². The molecule has 0 bridgehead atoms. The summed E-state index contributed by atoms with van der Waals surface area (Å²) in [5, 5.41) is 0. The van der Waals surface area contributed by atoms with Crippen LogP contribution in [0.3, 0.4) is 0 Å². The first-order valence-electron chi connectivity index (χ1n) is 6.32. The van der Waals surface area contributed by atoms with Crippen molar-refractivity contribution in [3.63, 3.8) is 0 Å². The Bertz CT molecular complexity index is 404. The molecule has 0 spiro atoms. The maximum Gasteiger partial charge on any atom is -0.0126 e. The van der Waals surface area contributed by atoms with E-state index in [1.54, 1.807) is 5.57 Å². The van der Waals surface area contributed by atoms with Crippen LogP contribution in [0.15, 0.2) is 42.0 Å². The molecule has 0 saturated carbocycles. The van der Waals surface area contributed by atoms with E-state index in [4.69, 9.17) is 0 Å². The highest BCUT2D eigenvalue weighted by Crippen LogP contribution is 2.28. The van der Waals surface area contributed by atoms with E-state index in [1.165, 1.54) is 29.5 Å². The fourth-order valence-electron chi connectivity index (χ4n) is 2.21. The molecule has 0 heteroatoms. The summed E-state index contributed by atoms with van der Waals surface area (Å²) in [5.41, 5.74) is 5.77. The summed E-state index contributed by atoms with van der Waals surface area (Å²) in [6.45, 7) is 4.44. The summed E-state index contributed by atoms with van der Waals surface area (Å²) in [6.07, 6.45) is 9.49. The summed E-state index contributed by atoms with van der Waals surface area (Å²) in [5.74, 6) is 0. The van der Waals surface area contributed by atoms with Crippen LogP contribution in [-0.4, -0.2) is 0 Å². The van der Waals surface area contributed by atoms with Crippen LogP contribution in [0.1, 0.15) is 44.2 Å². The lowest BCUT2D eigenvalue weighted by Crippen LogP contribution is -1.82. The number of benzene rings is 1. The van der Waals surface area contributed by atoms with Gasteiger partial charge in [0.1, 0.15) is 0 Å². The van der Waals surface area contributed by atoms with E-state index in [1.807, 2.05) is 0 Å². The molecule has 0 heterocycles. The highest BCUT2D eigenvalue weighted by atomic mass is 14.1. The molecule has 0 radical (unpaired) electrons. The fourth-order valence-corrected chi connectivity index (χ4v) is 2.21. The number of aryl methyl sites for hydroxylation is 1. The molecule has 0 aliphatic heterocycles. The maximum absolute atomic E-state index is 2.37. The molecule has 0 fully saturated rings. The molecule has 0 nitrogen and oxygen atoms in total. The van der Waals surface area contributed by atoms with E-state index < -0.39 is 0 Å². The lowest BCUT2D eigenvalue weighted by Gasteiger charge is -2.01. The van der Waals surface area contributed by atoms with Gasteiger partial charge in [-0.25, -0.2) is 0 Å². The third kappa shape index (κ3) is 2.44. The van der Waals surface area contributed by atoms with E-state index in [2.05, 4.69) is 50.3 Å². The Balaban J connectivity index is 2.13. The Hall–Kier alpha value is -1.30. The molecule has 1 aliphatic rings. The van der Waals surface area contributed by atoms with E-state index in [0.29, 0.717) is 0 Å². The van der Waals surface area contributed by atoms with Gasteiger partial charge < -0.3 is 0 Å². The van der Waals surface area contributed by atoms with Crippen LogP contribution in [0.2, 0.25) is 0 Å². The Kier molecular flexibility index (Phi) is 3.61. The molecule has 84 valence electrons. The van der Waals surface area contributed by atoms with E-state index >= 15 is 0 Å². The molecule has 0 saturated heterocycles. The van der Waals surface area contributed by atoms with Crippen molar-refractivity contribution in [2.45, 2.75) is 39.5 Å². The average Bonchev–Trinajstić information content (AvgIpc) is 2.78. The zero-order valence-electron chi connectivity index (χ0n) is 10.3. The average molecular weight is 212 g/mol. The molecular weight excluding hydrogens is 192 g/mol. The number of hydrogen-bond donors (Lipinski definition) is 0. The Morgan fingerprint density at radius 3 is 2.44 bits per heavy atom. The van der Waals surface area contributed by atoms with Gasteiger partial charge in [-0.05, 0) is 36.0 Å². The van der Waals surface area contributed by atoms with Crippen molar-refractivity contribution < 1.29 is 0 Å². The molecule has 0 unspecified atom stereocenters. The van der Waals surface area contributed by atoms with Crippen molar-refractivity contribution in [2.75, 3.05) is 0 Å². The summed E-state index contributed by atoms with van der Waals surface area (Å²) >= 11 is 0. The smallest absolute Gasteiger partial charge is 0.0126 e. The Morgan fingerprint density at radius 2 is 1.81 bits per heavy atom. The summed E-state index contributed by atoms with van der Waals surface area (Å²) in [6, 6.07) is 8.97. The van der Waals surface area contributed by atoms with Crippen molar-refractivity contribution in [3.8, 4) is 0 Å². The van der Waals surface area contributed by atoms with Crippen molar-refractivity contribution in [1.82, 2.24) is 0 Å². The second kappa shape index (κ2) is 5.16. The van der Waals surface area contributed by atoms with Gasteiger partial charge in [0.25, 0.3) is 0 Å². The highest BCUT2D eigenvalue weighted by molar-refractivity contribution is 5.77. The van der Waals surface area contributed by atoms with Crippen molar-refractivity contribution >= 4 is 5.57 Å². The van der Waals surface area contributed by atoms with Crippen LogP contribution >= 0.6 is 0 Å². The van der Waals surface area contributed by atoms with Gasteiger partial charge in [-0.3, -0.25) is 0 Å². The van der Waals surface area contributed by atoms with Crippen molar-refractivity contribution in [2.24, 2.45) is 0 Å². The first kappa shape index (κ1) is 11.2. The minimum absolute atomic E-state index is 1.12. The first-order valence-corrected chi connectivity index (χ1v) is 6.32. The normalized spacial score (nSPS) is 14.9. The lowest BCUT2D eigenvalue weighted by molar-refractivity contribution is 0.887. The van der Waals surface area contributed by atoms with Crippen LogP contribution in [0.4, 0.5) is 0 Å². The topological polar surface area (TPSA) is 0 Å². The van der Waals surface area contributed by atoms with Crippen molar-refractivity contribution in [3.05, 3.63) is 53.1 Å². The predicted molar refractivity (Wildman–Crippen MR) is 71.4 cm³/mol. The van der Waals surface area contributed by atoms with Gasteiger partial charge in [0.2, 0.25) is 0 Å². The number of rotatable bonds is 4. The largest absolute Gasteiger partial charge is 0.0726 e. The van der Waals surface area contributed by atoms with Crippen LogP contribution in [0.5, 0.6) is 0 Å². The first-order chi connectivity index (χ1) is 7.83.